The molecule has 1 saturated heterocycles. The van der Waals surface area contributed by atoms with Gasteiger partial charge in [0, 0.05) is 13.1 Å². The summed E-state index contributed by atoms with van der Waals surface area (Å²) in [5, 5.41) is 9.67. The summed E-state index contributed by atoms with van der Waals surface area (Å²) >= 11 is 0. The van der Waals surface area contributed by atoms with Gasteiger partial charge in [-0.2, -0.15) is 0 Å². The Bertz CT molecular complexity index is 533. The lowest BCUT2D eigenvalue weighted by Crippen LogP contribution is -2.51. The molecule has 0 aliphatic carbocycles. The standard InChI is InChI=1S/C14H22N2O3S/c15-14(12-17,13-5-2-1-3-6-13)11-16-7-4-9-20(18,19)10-8-16/h1-3,5-6,17H,4,7-12,15H2. The van der Waals surface area contributed by atoms with Crippen molar-refractivity contribution >= 4 is 9.84 Å². The van der Waals surface area contributed by atoms with Gasteiger partial charge >= 0.3 is 0 Å². The lowest BCUT2D eigenvalue weighted by Gasteiger charge is -2.33. The van der Waals surface area contributed by atoms with Gasteiger partial charge in [-0.3, -0.25) is 0 Å². The molecule has 1 atom stereocenters. The van der Waals surface area contributed by atoms with E-state index in [0.29, 0.717) is 26.1 Å². The Balaban J connectivity index is 2.10. The van der Waals surface area contributed by atoms with E-state index in [0.717, 1.165) is 5.56 Å². The predicted octanol–water partition coefficient (Wildman–Crippen LogP) is -0.0466. The minimum atomic E-state index is -2.92. The van der Waals surface area contributed by atoms with Crippen molar-refractivity contribution in [3.8, 4) is 0 Å². The second-order valence-corrected chi connectivity index (χ2v) is 7.77. The second-order valence-electron chi connectivity index (χ2n) is 5.46. The van der Waals surface area contributed by atoms with E-state index in [1.807, 2.05) is 35.2 Å². The Morgan fingerprint density at radius 3 is 2.55 bits per heavy atom. The molecule has 6 heteroatoms. The lowest BCUT2D eigenvalue weighted by molar-refractivity contribution is 0.140. The zero-order chi connectivity index (χ0) is 14.6. The number of nitrogens with zero attached hydrogens (tertiary/aromatic N) is 1. The topological polar surface area (TPSA) is 83.6 Å². The van der Waals surface area contributed by atoms with E-state index in [9.17, 15) is 13.5 Å². The van der Waals surface area contributed by atoms with Crippen LogP contribution in [0.4, 0.5) is 0 Å². The Labute approximate surface area is 120 Å². The van der Waals surface area contributed by atoms with E-state index in [4.69, 9.17) is 5.73 Å². The average molecular weight is 298 g/mol. The zero-order valence-electron chi connectivity index (χ0n) is 11.5. The molecule has 5 nitrogen and oxygen atoms in total. The van der Waals surface area contributed by atoms with Gasteiger partial charge in [0.2, 0.25) is 0 Å². The first-order valence-electron chi connectivity index (χ1n) is 6.83. The van der Waals surface area contributed by atoms with Gasteiger partial charge in [-0.1, -0.05) is 30.3 Å². The molecule has 1 unspecified atom stereocenters. The smallest absolute Gasteiger partial charge is 0.151 e. The van der Waals surface area contributed by atoms with Crippen LogP contribution in [0.1, 0.15) is 12.0 Å². The molecule has 1 fully saturated rings. The number of nitrogens with two attached hydrogens (primary N) is 1. The molecule has 0 aromatic heterocycles. The maximum atomic E-state index is 11.6. The summed E-state index contributed by atoms with van der Waals surface area (Å²) < 4.78 is 23.2. The summed E-state index contributed by atoms with van der Waals surface area (Å²) in [6.07, 6.45) is 0.624. The summed E-state index contributed by atoms with van der Waals surface area (Å²) in [5.41, 5.74) is 6.35. The number of aliphatic hydroxyl groups is 1. The first kappa shape index (κ1) is 15.4. The molecule has 3 N–H and O–H groups in total. The quantitative estimate of drug-likeness (QED) is 0.814. The monoisotopic (exact) mass is 298 g/mol. The first-order valence-corrected chi connectivity index (χ1v) is 8.65. The molecule has 1 heterocycles. The molecule has 0 radical (unpaired) electrons. The maximum absolute atomic E-state index is 11.6. The third-order valence-electron chi connectivity index (χ3n) is 3.78. The molecular weight excluding hydrogens is 276 g/mol. The van der Waals surface area contributed by atoms with Crippen molar-refractivity contribution in [2.75, 3.05) is 37.7 Å². The minimum Gasteiger partial charge on any atom is -0.394 e. The number of hydrogen-bond acceptors (Lipinski definition) is 5. The van der Waals surface area contributed by atoms with Crippen LogP contribution in [0, 0.1) is 0 Å². The third kappa shape index (κ3) is 3.79. The SMILES string of the molecule is NC(CO)(CN1CCCS(=O)(=O)CC1)c1ccccc1. The fourth-order valence-corrected chi connectivity index (χ4v) is 3.86. The molecule has 0 saturated carbocycles. The van der Waals surface area contributed by atoms with Crippen molar-refractivity contribution in [3.63, 3.8) is 0 Å². The molecule has 0 spiro atoms. The van der Waals surface area contributed by atoms with Crippen molar-refractivity contribution in [1.82, 2.24) is 4.90 Å². The molecule has 0 bridgehead atoms. The number of rotatable bonds is 4. The van der Waals surface area contributed by atoms with Crippen LogP contribution in [0.3, 0.4) is 0 Å². The highest BCUT2D eigenvalue weighted by Gasteiger charge is 2.30. The summed E-state index contributed by atoms with van der Waals surface area (Å²) in [7, 11) is -2.92. The Morgan fingerprint density at radius 2 is 1.90 bits per heavy atom. The minimum absolute atomic E-state index is 0.166. The summed E-state index contributed by atoms with van der Waals surface area (Å²) in [4.78, 5) is 2.04. The lowest BCUT2D eigenvalue weighted by atomic mass is 9.91. The van der Waals surface area contributed by atoms with E-state index in [2.05, 4.69) is 0 Å². The fourth-order valence-electron chi connectivity index (χ4n) is 2.55. The van der Waals surface area contributed by atoms with Crippen molar-refractivity contribution in [2.45, 2.75) is 12.0 Å². The zero-order valence-corrected chi connectivity index (χ0v) is 12.3. The van der Waals surface area contributed by atoms with Crippen molar-refractivity contribution in [1.29, 1.82) is 0 Å². The maximum Gasteiger partial charge on any atom is 0.151 e. The number of aliphatic hydroxyl groups excluding tert-OH is 1. The van der Waals surface area contributed by atoms with Crippen LogP contribution >= 0.6 is 0 Å². The Kier molecular flexibility index (Phi) is 4.80. The van der Waals surface area contributed by atoms with Crippen molar-refractivity contribution in [2.24, 2.45) is 5.73 Å². The molecule has 1 aromatic carbocycles. The van der Waals surface area contributed by atoms with Crippen LogP contribution in [-0.2, 0) is 15.4 Å². The van der Waals surface area contributed by atoms with Gasteiger partial charge in [-0.15, -0.1) is 0 Å². The van der Waals surface area contributed by atoms with Gasteiger partial charge < -0.3 is 15.7 Å². The van der Waals surface area contributed by atoms with Gasteiger partial charge in [-0.05, 0) is 18.5 Å². The van der Waals surface area contributed by atoms with Gasteiger partial charge in [0.15, 0.2) is 9.84 Å². The number of sulfone groups is 1. The normalized spacial score (nSPS) is 22.9. The van der Waals surface area contributed by atoms with Crippen molar-refractivity contribution < 1.29 is 13.5 Å². The summed E-state index contributed by atoms with van der Waals surface area (Å²) in [6, 6.07) is 9.47. The molecule has 1 aliphatic heterocycles. The van der Waals surface area contributed by atoms with Crippen LogP contribution in [0.15, 0.2) is 30.3 Å². The second kappa shape index (κ2) is 6.22. The van der Waals surface area contributed by atoms with E-state index in [1.54, 1.807) is 0 Å². The highest BCUT2D eigenvalue weighted by atomic mass is 32.2. The van der Waals surface area contributed by atoms with Gasteiger partial charge in [-0.25, -0.2) is 8.42 Å². The average Bonchev–Trinajstić information content (AvgIpc) is 2.61. The highest BCUT2D eigenvalue weighted by Crippen LogP contribution is 2.20. The largest absolute Gasteiger partial charge is 0.394 e. The van der Waals surface area contributed by atoms with E-state index >= 15 is 0 Å². The van der Waals surface area contributed by atoms with Crippen molar-refractivity contribution in [3.05, 3.63) is 35.9 Å². The highest BCUT2D eigenvalue weighted by molar-refractivity contribution is 7.91. The van der Waals surface area contributed by atoms with Crippen LogP contribution in [0.5, 0.6) is 0 Å². The Hall–Kier alpha value is -0.950. The van der Waals surface area contributed by atoms with E-state index in [-0.39, 0.29) is 18.1 Å². The number of hydrogen-bond donors (Lipinski definition) is 2. The van der Waals surface area contributed by atoms with Gasteiger partial charge in [0.25, 0.3) is 0 Å². The van der Waals surface area contributed by atoms with Gasteiger partial charge in [0.05, 0.1) is 23.7 Å². The van der Waals surface area contributed by atoms with E-state index in [1.165, 1.54) is 0 Å². The third-order valence-corrected chi connectivity index (χ3v) is 5.50. The molecule has 1 aromatic rings. The van der Waals surface area contributed by atoms with Crippen LogP contribution in [0.2, 0.25) is 0 Å². The summed E-state index contributed by atoms with van der Waals surface area (Å²) in [5.74, 6) is 0.412. The van der Waals surface area contributed by atoms with Crippen LogP contribution in [0.25, 0.3) is 0 Å². The molecule has 112 valence electrons. The molecular formula is C14H22N2O3S. The summed E-state index contributed by atoms with van der Waals surface area (Å²) in [6.45, 7) is 1.47. The first-order chi connectivity index (χ1) is 9.45. The Morgan fingerprint density at radius 1 is 1.20 bits per heavy atom. The van der Waals surface area contributed by atoms with Crippen LogP contribution in [-0.4, -0.2) is 56.2 Å². The van der Waals surface area contributed by atoms with Gasteiger partial charge in [0.1, 0.15) is 0 Å². The van der Waals surface area contributed by atoms with Crippen LogP contribution < -0.4 is 5.73 Å². The number of benzene rings is 1. The predicted molar refractivity (Wildman–Crippen MR) is 79.1 cm³/mol. The molecule has 1 aliphatic rings. The molecule has 0 amide bonds. The fraction of sp³-hybridized carbons (Fsp3) is 0.571. The van der Waals surface area contributed by atoms with E-state index < -0.39 is 15.4 Å². The molecule has 2 rings (SSSR count). The molecule has 20 heavy (non-hydrogen) atoms.